The predicted octanol–water partition coefficient (Wildman–Crippen LogP) is 2.12. The summed E-state index contributed by atoms with van der Waals surface area (Å²) in [5, 5.41) is 7.16. The molecule has 92 valence electrons. The highest BCUT2D eigenvalue weighted by atomic mass is 14.9. The first-order valence-electron chi connectivity index (χ1n) is 6.84. The molecule has 2 heteroatoms. The molecule has 1 aliphatic heterocycles. The first kappa shape index (κ1) is 11.2. The molecule has 1 aromatic carbocycles. The largest absolute Gasteiger partial charge is 0.316 e. The summed E-state index contributed by atoms with van der Waals surface area (Å²) in [6.07, 6.45) is 1.42. The average molecular weight is 230 g/mol. The summed E-state index contributed by atoms with van der Waals surface area (Å²) in [4.78, 5) is 0. The van der Waals surface area contributed by atoms with Gasteiger partial charge in [-0.25, -0.2) is 0 Å². The van der Waals surface area contributed by atoms with Crippen molar-refractivity contribution in [2.45, 2.75) is 25.8 Å². The van der Waals surface area contributed by atoms with E-state index in [1.165, 1.54) is 18.5 Å². The molecule has 0 bridgehead atoms. The van der Waals surface area contributed by atoms with Crippen LogP contribution in [0.2, 0.25) is 0 Å². The zero-order valence-corrected chi connectivity index (χ0v) is 10.6. The third-order valence-electron chi connectivity index (χ3n) is 4.27. The zero-order chi connectivity index (χ0) is 11.7. The highest BCUT2D eigenvalue weighted by molar-refractivity contribution is 5.32. The molecule has 1 aromatic rings. The van der Waals surface area contributed by atoms with Crippen LogP contribution in [0.25, 0.3) is 0 Å². The fourth-order valence-electron chi connectivity index (χ4n) is 2.89. The molecule has 1 fully saturated rings. The van der Waals surface area contributed by atoms with Crippen LogP contribution in [0.4, 0.5) is 0 Å². The van der Waals surface area contributed by atoms with Crippen LogP contribution >= 0.6 is 0 Å². The summed E-state index contributed by atoms with van der Waals surface area (Å²) in [7, 11) is 0. The van der Waals surface area contributed by atoms with Crippen LogP contribution in [0.5, 0.6) is 0 Å². The Hall–Kier alpha value is -0.860. The molecule has 2 aliphatic rings. The van der Waals surface area contributed by atoms with Gasteiger partial charge in [0.05, 0.1) is 0 Å². The molecule has 1 aliphatic carbocycles. The summed E-state index contributed by atoms with van der Waals surface area (Å²) in [5.74, 6) is 2.55. The molecule has 1 saturated carbocycles. The SMILES string of the molecule is CC1CC1CNCC1CNCc2ccccc21. The number of hydrogen-bond acceptors (Lipinski definition) is 2. The highest BCUT2D eigenvalue weighted by Crippen LogP contribution is 2.36. The Labute approximate surface area is 104 Å². The number of hydrogen-bond donors (Lipinski definition) is 2. The zero-order valence-electron chi connectivity index (χ0n) is 10.6. The minimum Gasteiger partial charge on any atom is -0.316 e. The summed E-state index contributed by atoms with van der Waals surface area (Å²) in [6, 6.07) is 8.85. The van der Waals surface area contributed by atoms with Crippen molar-refractivity contribution in [3.8, 4) is 0 Å². The Kier molecular flexibility index (Phi) is 3.17. The Bertz CT molecular complexity index is 388. The lowest BCUT2D eigenvalue weighted by atomic mass is 9.91. The molecular formula is C15H22N2. The van der Waals surface area contributed by atoms with Gasteiger partial charge in [-0.3, -0.25) is 0 Å². The van der Waals surface area contributed by atoms with Gasteiger partial charge in [-0.2, -0.15) is 0 Å². The second-order valence-corrected chi connectivity index (χ2v) is 5.66. The second kappa shape index (κ2) is 4.79. The van der Waals surface area contributed by atoms with E-state index in [2.05, 4.69) is 41.8 Å². The third kappa shape index (κ3) is 2.53. The van der Waals surface area contributed by atoms with E-state index in [1.807, 2.05) is 0 Å². The van der Waals surface area contributed by atoms with Gasteiger partial charge in [0.25, 0.3) is 0 Å². The molecule has 2 N–H and O–H groups in total. The summed E-state index contributed by atoms with van der Waals surface area (Å²) in [6.45, 7) is 6.83. The molecule has 0 saturated heterocycles. The van der Waals surface area contributed by atoms with E-state index in [0.717, 1.165) is 31.5 Å². The van der Waals surface area contributed by atoms with E-state index in [1.54, 1.807) is 5.56 Å². The van der Waals surface area contributed by atoms with E-state index in [0.29, 0.717) is 5.92 Å². The van der Waals surface area contributed by atoms with Crippen molar-refractivity contribution in [2.75, 3.05) is 19.6 Å². The molecule has 3 unspecified atom stereocenters. The van der Waals surface area contributed by atoms with Gasteiger partial charge >= 0.3 is 0 Å². The fourth-order valence-corrected chi connectivity index (χ4v) is 2.89. The lowest BCUT2D eigenvalue weighted by Gasteiger charge is -2.26. The van der Waals surface area contributed by atoms with Crippen LogP contribution in [0.15, 0.2) is 24.3 Å². The number of benzene rings is 1. The van der Waals surface area contributed by atoms with Gasteiger partial charge < -0.3 is 10.6 Å². The third-order valence-corrected chi connectivity index (χ3v) is 4.27. The highest BCUT2D eigenvalue weighted by Gasteiger charge is 2.32. The molecule has 3 atom stereocenters. The Morgan fingerprint density at radius 1 is 1.29 bits per heavy atom. The second-order valence-electron chi connectivity index (χ2n) is 5.66. The maximum absolute atomic E-state index is 3.65. The van der Waals surface area contributed by atoms with E-state index >= 15 is 0 Å². The van der Waals surface area contributed by atoms with Crippen molar-refractivity contribution < 1.29 is 0 Å². The van der Waals surface area contributed by atoms with Gasteiger partial charge in [0.15, 0.2) is 0 Å². The molecule has 17 heavy (non-hydrogen) atoms. The maximum Gasteiger partial charge on any atom is 0.0208 e. The van der Waals surface area contributed by atoms with Crippen molar-refractivity contribution in [3.63, 3.8) is 0 Å². The van der Waals surface area contributed by atoms with E-state index < -0.39 is 0 Å². The molecule has 0 spiro atoms. The van der Waals surface area contributed by atoms with Gasteiger partial charge in [-0.05, 0) is 35.9 Å². The van der Waals surface area contributed by atoms with Crippen LogP contribution in [0, 0.1) is 11.8 Å². The Morgan fingerprint density at radius 2 is 2.12 bits per heavy atom. The van der Waals surface area contributed by atoms with Crippen molar-refractivity contribution in [1.82, 2.24) is 10.6 Å². The lowest BCUT2D eigenvalue weighted by Crippen LogP contribution is -2.35. The standard InChI is InChI=1S/C15H22N2/c1-11-6-13(11)8-17-10-14-9-16-7-12-4-2-3-5-15(12)14/h2-5,11,13-14,16-17H,6-10H2,1H3. The van der Waals surface area contributed by atoms with Crippen LogP contribution in [0.1, 0.15) is 30.4 Å². The minimum atomic E-state index is 0.647. The smallest absolute Gasteiger partial charge is 0.0208 e. The van der Waals surface area contributed by atoms with Crippen LogP contribution in [-0.2, 0) is 6.54 Å². The summed E-state index contributed by atoms with van der Waals surface area (Å²) in [5.41, 5.74) is 3.02. The van der Waals surface area contributed by atoms with Crippen molar-refractivity contribution >= 4 is 0 Å². The molecule has 3 rings (SSSR count). The van der Waals surface area contributed by atoms with Crippen LogP contribution in [-0.4, -0.2) is 19.6 Å². The monoisotopic (exact) mass is 230 g/mol. The van der Waals surface area contributed by atoms with Gasteiger partial charge in [0.2, 0.25) is 0 Å². The molecule has 2 nitrogen and oxygen atoms in total. The number of rotatable bonds is 4. The summed E-state index contributed by atoms with van der Waals surface area (Å²) >= 11 is 0. The van der Waals surface area contributed by atoms with Gasteiger partial charge in [-0.1, -0.05) is 31.2 Å². The normalized spacial score (nSPS) is 31.0. The Balaban J connectivity index is 1.57. The van der Waals surface area contributed by atoms with Crippen LogP contribution in [0.3, 0.4) is 0 Å². The first-order chi connectivity index (χ1) is 8.34. The topological polar surface area (TPSA) is 24.1 Å². The molecular weight excluding hydrogens is 208 g/mol. The van der Waals surface area contributed by atoms with Gasteiger partial charge in [0.1, 0.15) is 0 Å². The van der Waals surface area contributed by atoms with Crippen molar-refractivity contribution in [1.29, 1.82) is 0 Å². The van der Waals surface area contributed by atoms with Crippen molar-refractivity contribution in [3.05, 3.63) is 35.4 Å². The number of nitrogens with one attached hydrogen (secondary N) is 2. The van der Waals surface area contributed by atoms with Gasteiger partial charge in [0, 0.05) is 25.6 Å². The fraction of sp³-hybridized carbons (Fsp3) is 0.600. The maximum atomic E-state index is 3.65. The molecule has 0 radical (unpaired) electrons. The van der Waals surface area contributed by atoms with E-state index in [-0.39, 0.29) is 0 Å². The van der Waals surface area contributed by atoms with E-state index in [4.69, 9.17) is 0 Å². The Morgan fingerprint density at radius 3 is 2.94 bits per heavy atom. The molecule has 0 aromatic heterocycles. The van der Waals surface area contributed by atoms with Crippen LogP contribution < -0.4 is 10.6 Å². The van der Waals surface area contributed by atoms with Gasteiger partial charge in [-0.15, -0.1) is 0 Å². The quantitative estimate of drug-likeness (QED) is 0.828. The first-order valence-corrected chi connectivity index (χ1v) is 6.84. The molecule has 1 heterocycles. The average Bonchev–Trinajstić information content (AvgIpc) is 3.06. The van der Waals surface area contributed by atoms with Crippen molar-refractivity contribution in [2.24, 2.45) is 11.8 Å². The minimum absolute atomic E-state index is 0.647. The number of fused-ring (bicyclic) bond motifs is 1. The molecule has 0 amide bonds. The lowest BCUT2D eigenvalue weighted by molar-refractivity contribution is 0.492. The summed E-state index contributed by atoms with van der Waals surface area (Å²) < 4.78 is 0. The predicted molar refractivity (Wildman–Crippen MR) is 71.0 cm³/mol. The van der Waals surface area contributed by atoms with E-state index in [9.17, 15) is 0 Å².